The van der Waals surface area contributed by atoms with Gasteiger partial charge in [-0.3, -0.25) is 4.72 Å². The van der Waals surface area contributed by atoms with E-state index in [2.05, 4.69) is 40.9 Å². The number of nitrogens with zero attached hydrogens (tertiary/aromatic N) is 1. The van der Waals surface area contributed by atoms with Gasteiger partial charge < -0.3 is 10.1 Å². The molecule has 2 heterocycles. The van der Waals surface area contributed by atoms with E-state index in [-0.39, 0.29) is 12.0 Å². The second-order valence-electron chi connectivity index (χ2n) is 9.39. The third-order valence-corrected chi connectivity index (χ3v) is 9.30. The van der Waals surface area contributed by atoms with Gasteiger partial charge in [0, 0.05) is 25.6 Å². The minimum absolute atomic E-state index is 0.175. The minimum atomic E-state index is -3.49. The number of rotatable bonds is 12. The molecule has 2 aromatic rings. The molecule has 2 aliphatic heterocycles. The minimum Gasteiger partial charge on any atom is -0.377 e. The highest BCUT2D eigenvalue weighted by atomic mass is 32.2. The predicted molar refractivity (Wildman–Crippen MR) is 144 cm³/mol. The molecule has 0 spiro atoms. The number of ether oxygens (including phenoxy) is 1. The van der Waals surface area contributed by atoms with Crippen molar-refractivity contribution in [1.29, 1.82) is 0 Å². The third-order valence-electron chi connectivity index (χ3n) is 6.92. The highest BCUT2D eigenvalue weighted by Crippen LogP contribution is 2.28. The van der Waals surface area contributed by atoms with Crippen LogP contribution in [0.2, 0.25) is 0 Å². The van der Waals surface area contributed by atoms with Crippen LogP contribution in [0, 0.1) is 5.92 Å². The molecule has 0 bridgehead atoms. The SMILES string of the molecule is C=CSNCC1CCN(S(=O)(=O)c2ccc(C(COC3CCNCC3)Cc3ccccc3)cc2)C1. The van der Waals surface area contributed by atoms with Gasteiger partial charge in [0.05, 0.1) is 17.6 Å². The van der Waals surface area contributed by atoms with Gasteiger partial charge in [-0.15, -0.1) is 0 Å². The molecule has 2 saturated heterocycles. The molecule has 2 N–H and O–H groups in total. The fraction of sp³-hybridized carbons (Fsp3) is 0.481. The van der Waals surface area contributed by atoms with Gasteiger partial charge in [-0.25, -0.2) is 8.42 Å². The number of piperidine rings is 1. The second-order valence-corrected chi connectivity index (χ2v) is 12.2. The van der Waals surface area contributed by atoms with E-state index in [1.165, 1.54) is 17.5 Å². The molecule has 0 amide bonds. The number of nitrogens with one attached hydrogen (secondary N) is 2. The summed E-state index contributed by atoms with van der Waals surface area (Å²) in [5, 5.41) is 5.13. The van der Waals surface area contributed by atoms with E-state index in [4.69, 9.17) is 4.74 Å². The Morgan fingerprint density at radius 2 is 1.86 bits per heavy atom. The van der Waals surface area contributed by atoms with Gasteiger partial charge in [0.25, 0.3) is 0 Å². The van der Waals surface area contributed by atoms with Crippen molar-refractivity contribution < 1.29 is 13.2 Å². The summed E-state index contributed by atoms with van der Waals surface area (Å²) >= 11 is 1.45. The Kier molecular flexibility index (Phi) is 9.83. The van der Waals surface area contributed by atoms with Crippen molar-refractivity contribution in [3.8, 4) is 0 Å². The summed E-state index contributed by atoms with van der Waals surface area (Å²) in [7, 11) is -3.49. The first kappa shape index (κ1) is 26.4. The monoisotopic (exact) mass is 515 g/mol. The number of hydrogen-bond donors (Lipinski definition) is 2. The fourth-order valence-electron chi connectivity index (χ4n) is 4.85. The van der Waals surface area contributed by atoms with E-state index in [9.17, 15) is 8.42 Å². The van der Waals surface area contributed by atoms with Gasteiger partial charge in [-0.1, -0.05) is 61.0 Å². The molecule has 4 rings (SSSR count). The first-order valence-electron chi connectivity index (χ1n) is 12.5. The lowest BCUT2D eigenvalue weighted by Crippen LogP contribution is -2.33. The van der Waals surface area contributed by atoms with Gasteiger partial charge in [0.2, 0.25) is 10.0 Å². The van der Waals surface area contributed by atoms with Crippen molar-refractivity contribution in [2.24, 2.45) is 5.92 Å². The molecule has 2 aliphatic rings. The molecular weight excluding hydrogens is 478 g/mol. The molecule has 6 nitrogen and oxygen atoms in total. The van der Waals surface area contributed by atoms with Gasteiger partial charge >= 0.3 is 0 Å². The Bertz CT molecular complexity index is 1030. The first-order chi connectivity index (χ1) is 17.1. The molecular formula is C27H37N3O3S2. The van der Waals surface area contributed by atoms with Crippen LogP contribution in [-0.4, -0.2) is 58.2 Å². The van der Waals surface area contributed by atoms with Crippen LogP contribution in [0.3, 0.4) is 0 Å². The van der Waals surface area contributed by atoms with Gasteiger partial charge in [-0.2, -0.15) is 4.31 Å². The van der Waals surface area contributed by atoms with Crippen LogP contribution >= 0.6 is 11.9 Å². The summed E-state index contributed by atoms with van der Waals surface area (Å²) in [5.41, 5.74) is 2.38. The molecule has 0 aliphatic carbocycles. The topological polar surface area (TPSA) is 70.7 Å². The highest BCUT2D eigenvalue weighted by molar-refractivity contribution is 8.00. The zero-order valence-corrected chi connectivity index (χ0v) is 21.9. The van der Waals surface area contributed by atoms with Crippen molar-refractivity contribution >= 4 is 22.0 Å². The van der Waals surface area contributed by atoms with Crippen molar-refractivity contribution in [3.05, 3.63) is 77.7 Å². The van der Waals surface area contributed by atoms with Crippen molar-refractivity contribution in [2.75, 3.05) is 39.3 Å². The average molecular weight is 516 g/mol. The Balaban J connectivity index is 1.43. The smallest absolute Gasteiger partial charge is 0.243 e. The maximum atomic E-state index is 13.3. The van der Waals surface area contributed by atoms with Crippen LogP contribution in [0.5, 0.6) is 0 Å². The maximum Gasteiger partial charge on any atom is 0.243 e. The Hall–Kier alpha value is -1.68. The number of sulfonamides is 1. The molecule has 0 radical (unpaired) electrons. The number of benzene rings is 2. The molecule has 0 aromatic heterocycles. The van der Waals surface area contributed by atoms with Crippen molar-refractivity contribution in [2.45, 2.75) is 42.6 Å². The van der Waals surface area contributed by atoms with Crippen LogP contribution in [0.25, 0.3) is 0 Å². The molecule has 190 valence electrons. The van der Waals surface area contributed by atoms with Crippen LogP contribution in [0.1, 0.15) is 36.3 Å². The summed E-state index contributed by atoms with van der Waals surface area (Å²) < 4.78 is 37.7. The molecule has 0 saturated carbocycles. The highest BCUT2D eigenvalue weighted by Gasteiger charge is 2.32. The Morgan fingerprint density at radius 3 is 2.57 bits per heavy atom. The third kappa shape index (κ3) is 7.41. The van der Waals surface area contributed by atoms with Crippen molar-refractivity contribution in [1.82, 2.24) is 14.3 Å². The molecule has 35 heavy (non-hydrogen) atoms. The van der Waals surface area contributed by atoms with E-state index >= 15 is 0 Å². The van der Waals surface area contributed by atoms with Crippen LogP contribution in [0.15, 0.2) is 71.5 Å². The zero-order chi connectivity index (χ0) is 24.5. The van der Waals surface area contributed by atoms with Crippen LogP contribution in [-0.2, 0) is 21.2 Å². The summed E-state index contributed by atoms with van der Waals surface area (Å²) in [6.45, 7) is 8.21. The first-order valence-corrected chi connectivity index (χ1v) is 14.8. The van der Waals surface area contributed by atoms with Crippen LogP contribution < -0.4 is 10.0 Å². The lowest BCUT2D eigenvalue weighted by Gasteiger charge is -2.26. The van der Waals surface area contributed by atoms with Gasteiger partial charge in [-0.05, 0) is 73.4 Å². The number of hydrogen-bond acceptors (Lipinski definition) is 6. The standard InChI is InChI=1S/C27H37N3O3S2/c1-2-34-29-19-23-14-17-30(20-23)35(31,32)27-10-8-24(9-11-27)25(18-22-6-4-3-5-7-22)21-33-26-12-15-28-16-13-26/h2-11,23,25-26,28-29H,1,12-21H2. The van der Waals surface area contributed by atoms with E-state index in [1.54, 1.807) is 21.8 Å². The van der Waals surface area contributed by atoms with E-state index in [0.29, 0.717) is 30.5 Å². The second kappa shape index (κ2) is 13.0. The summed E-state index contributed by atoms with van der Waals surface area (Å²) in [6, 6.07) is 17.9. The quantitative estimate of drug-likeness (QED) is 0.327. The summed E-state index contributed by atoms with van der Waals surface area (Å²) in [4.78, 5) is 0.369. The Labute approximate surface area is 214 Å². The largest absolute Gasteiger partial charge is 0.377 e. The molecule has 8 heteroatoms. The normalized spacial score (nSPS) is 20.6. The van der Waals surface area contributed by atoms with Gasteiger partial charge in [0.15, 0.2) is 0 Å². The summed E-state index contributed by atoms with van der Waals surface area (Å²) in [6.07, 6.45) is 4.09. The molecule has 2 unspecified atom stereocenters. The van der Waals surface area contributed by atoms with Gasteiger partial charge in [0.1, 0.15) is 0 Å². The van der Waals surface area contributed by atoms with Crippen molar-refractivity contribution in [3.63, 3.8) is 0 Å². The predicted octanol–water partition coefficient (Wildman–Crippen LogP) is 4.17. The maximum absolute atomic E-state index is 13.3. The average Bonchev–Trinajstić information content (AvgIpc) is 3.38. The zero-order valence-electron chi connectivity index (χ0n) is 20.3. The lowest BCUT2D eigenvalue weighted by molar-refractivity contribution is 0.0242. The fourth-order valence-corrected chi connectivity index (χ4v) is 6.83. The molecule has 2 fully saturated rings. The lowest BCUT2D eigenvalue weighted by atomic mass is 9.92. The van der Waals surface area contributed by atoms with E-state index in [0.717, 1.165) is 50.9 Å². The summed E-state index contributed by atoms with van der Waals surface area (Å²) in [5.74, 6) is 0.493. The molecule has 2 atom stereocenters. The van der Waals surface area contributed by atoms with Crippen LogP contribution in [0.4, 0.5) is 0 Å². The molecule has 2 aromatic carbocycles. The van der Waals surface area contributed by atoms with E-state index < -0.39 is 10.0 Å². The van der Waals surface area contributed by atoms with E-state index in [1.807, 2.05) is 18.2 Å². The Morgan fingerprint density at radius 1 is 1.11 bits per heavy atom.